The minimum Gasteiger partial charge on any atom is -0.371 e. The molecule has 0 spiro atoms. The van der Waals surface area contributed by atoms with Crippen LogP contribution in [-0.2, 0) is 9.84 Å². The summed E-state index contributed by atoms with van der Waals surface area (Å²) in [5.74, 6) is 0.604. The minimum atomic E-state index is -3.62. The Bertz CT molecular complexity index is 627. The van der Waals surface area contributed by atoms with Crippen molar-refractivity contribution in [2.24, 2.45) is 5.92 Å². The molecule has 0 amide bonds. The third kappa shape index (κ3) is 2.92. The quantitative estimate of drug-likeness (QED) is 0.629. The lowest BCUT2D eigenvalue weighted by atomic mass is 10.1. The number of hydrogen-bond donors (Lipinski definition) is 0. The smallest absolute Gasteiger partial charge is 0.288 e. The van der Waals surface area contributed by atoms with Crippen LogP contribution in [0.2, 0.25) is 0 Å². The molecule has 1 unspecified atom stereocenters. The molecule has 0 aromatic heterocycles. The molecule has 0 radical (unpaired) electrons. The van der Waals surface area contributed by atoms with Gasteiger partial charge in [-0.3, -0.25) is 10.1 Å². The van der Waals surface area contributed by atoms with Gasteiger partial charge in [0.15, 0.2) is 9.84 Å². The lowest BCUT2D eigenvalue weighted by molar-refractivity contribution is -0.387. The van der Waals surface area contributed by atoms with Crippen LogP contribution in [0.4, 0.5) is 11.4 Å². The largest absolute Gasteiger partial charge is 0.371 e. The van der Waals surface area contributed by atoms with Crippen LogP contribution in [-0.4, -0.2) is 32.7 Å². The zero-order valence-electron chi connectivity index (χ0n) is 11.6. The van der Waals surface area contributed by atoms with Crippen LogP contribution in [0.3, 0.4) is 0 Å². The van der Waals surface area contributed by atoms with Gasteiger partial charge in [-0.05, 0) is 24.5 Å². The van der Waals surface area contributed by atoms with Crippen LogP contribution in [0.15, 0.2) is 23.1 Å². The standard InChI is InChI=1S/C13H18N2O4S/c1-3-10-6-7-14(9-10)11-4-5-12(15(16)17)13(8-11)20(2,18)19/h4-5,8,10H,3,6-7,9H2,1-2H3. The van der Waals surface area contributed by atoms with Gasteiger partial charge in [0.2, 0.25) is 0 Å². The van der Waals surface area contributed by atoms with E-state index in [1.54, 1.807) is 6.07 Å². The number of nitrogens with zero attached hydrogens (tertiary/aromatic N) is 2. The Morgan fingerprint density at radius 3 is 2.65 bits per heavy atom. The van der Waals surface area contributed by atoms with E-state index in [0.717, 1.165) is 37.9 Å². The van der Waals surface area contributed by atoms with E-state index in [1.807, 2.05) is 0 Å². The monoisotopic (exact) mass is 298 g/mol. The van der Waals surface area contributed by atoms with E-state index in [-0.39, 0.29) is 10.6 Å². The highest BCUT2D eigenvalue weighted by atomic mass is 32.2. The van der Waals surface area contributed by atoms with Gasteiger partial charge < -0.3 is 4.90 Å². The molecular formula is C13H18N2O4S. The van der Waals surface area contributed by atoms with Crippen molar-refractivity contribution >= 4 is 21.2 Å². The summed E-state index contributed by atoms with van der Waals surface area (Å²) < 4.78 is 23.4. The predicted molar refractivity (Wildman–Crippen MR) is 76.8 cm³/mol. The van der Waals surface area contributed by atoms with Gasteiger partial charge in [0.1, 0.15) is 4.90 Å². The zero-order chi connectivity index (χ0) is 14.9. The molecule has 7 heteroatoms. The average molecular weight is 298 g/mol. The minimum absolute atomic E-state index is 0.208. The molecule has 1 aromatic carbocycles. The second kappa shape index (κ2) is 5.40. The predicted octanol–water partition coefficient (Wildman–Crippen LogP) is 2.23. The summed E-state index contributed by atoms with van der Waals surface area (Å²) in [5.41, 5.74) is 0.384. The van der Waals surface area contributed by atoms with Gasteiger partial charge in [0.25, 0.3) is 5.69 Å². The van der Waals surface area contributed by atoms with E-state index in [4.69, 9.17) is 0 Å². The van der Waals surface area contributed by atoms with Crippen molar-refractivity contribution < 1.29 is 13.3 Å². The van der Waals surface area contributed by atoms with Crippen LogP contribution >= 0.6 is 0 Å². The Morgan fingerprint density at radius 1 is 1.45 bits per heavy atom. The Kier molecular flexibility index (Phi) is 3.99. The van der Waals surface area contributed by atoms with E-state index < -0.39 is 14.8 Å². The van der Waals surface area contributed by atoms with Crippen molar-refractivity contribution in [2.75, 3.05) is 24.2 Å². The Hall–Kier alpha value is -1.63. The molecule has 0 bridgehead atoms. The van der Waals surface area contributed by atoms with Gasteiger partial charge in [-0.25, -0.2) is 8.42 Å². The number of nitro benzene ring substituents is 1. The van der Waals surface area contributed by atoms with Gasteiger partial charge in [-0.15, -0.1) is 0 Å². The first kappa shape index (κ1) is 14.8. The SMILES string of the molecule is CCC1CCN(c2ccc([N+](=O)[O-])c(S(C)(=O)=O)c2)C1. The number of anilines is 1. The highest BCUT2D eigenvalue weighted by Crippen LogP contribution is 2.31. The van der Waals surface area contributed by atoms with Crippen molar-refractivity contribution in [3.63, 3.8) is 0 Å². The summed E-state index contributed by atoms with van der Waals surface area (Å²) in [4.78, 5) is 12.2. The molecule has 1 fully saturated rings. The van der Waals surface area contributed by atoms with Crippen LogP contribution in [0.5, 0.6) is 0 Å². The number of benzene rings is 1. The second-order valence-corrected chi connectivity index (χ2v) is 7.17. The number of nitro groups is 1. The van der Waals surface area contributed by atoms with E-state index in [0.29, 0.717) is 5.92 Å². The molecule has 6 nitrogen and oxygen atoms in total. The molecule has 0 N–H and O–H groups in total. The van der Waals surface area contributed by atoms with E-state index in [2.05, 4.69) is 11.8 Å². The summed E-state index contributed by atoms with van der Waals surface area (Å²) in [6.45, 7) is 3.86. The first-order chi connectivity index (χ1) is 9.32. The molecule has 2 rings (SSSR count). The maximum absolute atomic E-state index is 11.7. The third-order valence-electron chi connectivity index (χ3n) is 3.77. The van der Waals surface area contributed by atoms with Gasteiger partial charge in [0.05, 0.1) is 4.92 Å². The van der Waals surface area contributed by atoms with E-state index >= 15 is 0 Å². The summed E-state index contributed by atoms with van der Waals surface area (Å²) in [7, 11) is -3.62. The molecule has 1 aliphatic rings. The Labute approximate surface area is 118 Å². The maximum Gasteiger partial charge on any atom is 0.288 e. The van der Waals surface area contributed by atoms with E-state index in [9.17, 15) is 18.5 Å². The summed E-state index contributed by atoms with van der Waals surface area (Å²) in [6, 6.07) is 4.33. The van der Waals surface area contributed by atoms with Crippen LogP contribution in [0.25, 0.3) is 0 Å². The Morgan fingerprint density at radius 2 is 2.15 bits per heavy atom. The van der Waals surface area contributed by atoms with E-state index in [1.165, 1.54) is 12.1 Å². The zero-order valence-corrected chi connectivity index (χ0v) is 12.4. The molecule has 110 valence electrons. The van der Waals surface area contributed by atoms with Gasteiger partial charge in [-0.2, -0.15) is 0 Å². The van der Waals surface area contributed by atoms with Crippen LogP contribution in [0.1, 0.15) is 19.8 Å². The molecule has 0 aliphatic carbocycles. The fourth-order valence-electron chi connectivity index (χ4n) is 2.55. The third-order valence-corrected chi connectivity index (χ3v) is 4.89. The van der Waals surface area contributed by atoms with Crippen molar-refractivity contribution in [1.82, 2.24) is 0 Å². The van der Waals surface area contributed by atoms with Crippen molar-refractivity contribution in [1.29, 1.82) is 0 Å². The number of hydrogen-bond acceptors (Lipinski definition) is 5. The second-order valence-electron chi connectivity index (χ2n) is 5.19. The van der Waals surface area contributed by atoms with Gasteiger partial charge in [-0.1, -0.05) is 13.3 Å². The number of sulfone groups is 1. The normalized spacial score (nSPS) is 19.3. The first-order valence-electron chi connectivity index (χ1n) is 6.56. The first-order valence-corrected chi connectivity index (χ1v) is 8.45. The molecule has 20 heavy (non-hydrogen) atoms. The fourth-order valence-corrected chi connectivity index (χ4v) is 3.41. The summed E-state index contributed by atoms with van der Waals surface area (Å²) in [5, 5.41) is 10.9. The van der Waals surface area contributed by atoms with Crippen LogP contribution in [0, 0.1) is 16.0 Å². The number of rotatable bonds is 4. The highest BCUT2D eigenvalue weighted by Gasteiger charge is 2.26. The van der Waals surface area contributed by atoms with Crippen LogP contribution < -0.4 is 4.90 Å². The average Bonchev–Trinajstić information content (AvgIpc) is 2.85. The molecular weight excluding hydrogens is 280 g/mol. The topological polar surface area (TPSA) is 80.5 Å². The highest BCUT2D eigenvalue weighted by molar-refractivity contribution is 7.90. The molecule has 1 atom stereocenters. The molecule has 1 aromatic rings. The molecule has 1 heterocycles. The van der Waals surface area contributed by atoms with Gasteiger partial charge >= 0.3 is 0 Å². The van der Waals surface area contributed by atoms with Gasteiger partial charge in [0, 0.05) is 31.1 Å². The lowest BCUT2D eigenvalue weighted by Gasteiger charge is -2.19. The molecule has 0 saturated carbocycles. The van der Waals surface area contributed by atoms with Crippen molar-refractivity contribution in [3.8, 4) is 0 Å². The molecule has 1 saturated heterocycles. The summed E-state index contributed by atoms with van der Waals surface area (Å²) in [6.07, 6.45) is 3.15. The Balaban J connectivity index is 2.41. The molecule has 1 aliphatic heterocycles. The lowest BCUT2D eigenvalue weighted by Crippen LogP contribution is -2.20. The van der Waals surface area contributed by atoms with Crippen molar-refractivity contribution in [3.05, 3.63) is 28.3 Å². The summed E-state index contributed by atoms with van der Waals surface area (Å²) >= 11 is 0. The fraction of sp³-hybridized carbons (Fsp3) is 0.538. The van der Waals surface area contributed by atoms with Crippen molar-refractivity contribution in [2.45, 2.75) is 24.7 Å². The maximum atomic E-state index is 11.7.